The third kappa shape index (κ3) is 50.6. The average molecular weight is 2100 g/mol. The van der Waals surface area contributed by atoms with Gasteiger partial charge in [0, 0.05) is 114 Å². The van der Waals surface area contributed by atoms with Crippen molar-refractivity contribution in [3.63, 3.8) is 0 Å². The van der Waals surface area contributed by atoms with Gasteiger partial charge < -0.3 is 89.3 Å². The highest BCUT2D eigenvalue weighted by Gasteiger charge is 2.39. The number of hydrogen-bond donors (Lipinski definition) is 9. The maximum atomic E-state index is 14.4. The summed E-state index contributed by atoms with van der Waals surface area (Å²) in [5.41, 5.74) is 6.60. The van der Waals surface area contributed by atoms with Crippen molar-refractivity contribution in [2.75, 3.05) is 80.9 Å². The molecule has 0 aliphatic carbocycles. The van der Waals surface area contributed by atoms with Gasteiger partial charge in [-0.2, -0.15) is 57.0 Å². The summed E-state index contributed by atoms with van der Waals surface area (Å²) in [5.74, 6) is -5.31. The molecule has 4 aromatic rings. The van der Waals surface area contributed by atoms with E-state index < -0.39 is 164 Å². The quantitative estimate of drug-likeness (QED) is 0.00609. The van der Waals surface area contributed by atoms with Crippen molar-refractivity contribution in [2.24, 2.45) is 33.8 Å². The lowest BCUT2D eigenvalue weighted by atomic mass is 9.89. The first-order chi connectivity index (χ1) is 63.1. The van der Waals surface area contributed by atoms with E-state index in [-0.39, 0.29) is 104 Å². The summed E-state index contributed by atoms with van der Waals surface area (Å²) in [4.78, 5) is 168. The molecule has 6 rings (SSSR count). The number of fused-ring (bicyclic) bond motifs is 10. The Bertz CT molecular complexity index is 5200. The maximum absolute atomic E-state index is 14.4. The predicted molar refractivity (Wildman–Crippen MR) is 531 cm³/mol. The summed E-state index contributed by atoms with van der Waals surface area (Å²) < 4.78 is 128. The van der Waals surface area contributed by atoms with Crippen molar-refractivity contribution in [2.45, 2.75) is 249 Å². The Kier molecular flexibility index (Phi) is 54.5. The number of nitrogens with one attached hydrogen (secondary N) is 7. The number of alkyl carbamates (subject to hydrolysis) is 2. The number of ether oxygens (including phenoxy) is 10. The fourth-order valence-electron chi connectivity index (χ4n) is 12.6. The Balaban J connectivity index is 0.00000220. The number of methoxy groups -OCH3 is 2. The highest BCUT2D eigenvalue weighted by Crippen LogP contribution is 2.43. The van der Waals surface area contributed by atoms with Gasteiger partial charge in [-0.1, -0.05) is 70.2 Å². The van der Waals surface area contributed by atoms with E-state index in [0.29, 0.717) is 100 Å². The summed E-state index contributed by atoms with van der Waals surface area (Å²) in [6.45, 7) is 36.9. The molecule has 0 fully saturated rings. The fraction of sp³-hybridized carbons (Fsp3) is 0.593. The number of nitrogens with zero attached hydrogens (tertiary/aromatic N) is 3. The van der Waals surface area contributed by atoms with Crippen molar-refractivity contribution < 1.29 is 140 Å². The van der Waals surface area contributed by atoms with Gasteiger partial charge in [0.1, 0.15) is 82.8 Å². The highest BCUT2D eigenvalue weighted by atomic mass is 35.7. The smallest absolute Gasteiger partial charge is 0.422 e. The van der Waals surface area contributed by atoms with Crippen LogP contribution < -0.4 is 60.1 Å². The molecule has 4 aromatic carbocycles. The summed E-state index contributed by atoms with van der Waals surface area (Å²) in [6.07, 6.45) is -1.26. The lowest BCUT2D eigenvalue weighted by Crippen LogP contribution is -2.46. The molecule has 139 heavy (non-hydrogen) atoms. The number of ketones is 2. The first kappa shape index (κ1) is 129. The van der Waals surface area contributed by atoms with E-state index >= 15 is 0 Å². The van der Waals surface area contributed by atoms with E-state index in [0.717, 1.165) is 12.5 Å². The van der Waals surface area contributed by atoms with Crippen LogP contribution in [0.4, 0.5) is 19.2 Å². The second kappa shape index (κ2) is 58.8. The number of Topliss-reactive ketones (excluding diaryl/α,β-unsaturated/α-hetero) is 2. The van der Waals surface area contributed by atoms with Gasteiger partial charge in [0.25, 0.3) is 6.08 Å². The normalized spacial score (nSPS) is 16.6. The molecular formula is C91H141Cl2N11O30S5. The second-order valence-electron chi connectivity index (χ2n) is 36.8. The lowest BCUT2D eigenvalue weighted by molar-refractivity contribution is -0.146. The second-order valence-corrected chi connectivity index (χ2v) is 42.8. The third-order valence-electron chi connectivity index (χ3n) is 18.4. The molecular weight excluding hydrogens is 1960 g/mol. The molecule has 0 radical (unpaired) electrons. The van der Waals surface area contributed by atoms with Crippen LogP contribution in [-0.4, -0.2) is 239 Å². The van der Waals surface area contributed by atoms with Gasteiger partial charge in [0.15, 0.2) is 11.6 Å². The molecule has 8 atom stereocenters. The molecule has 41 nitrogen and oxygen atoms in total. The zero-order chi connectivity index (χ0) is 105. The number of nitrogens with two attached hydrogens (primary N) is 1. The van der Waals surface area contributed by atoms with Gasteiger partial charge in [0.05, 0.1) is 46.1 Å². The highest BCUT2D eigenvalue weighted by molar-refractivity contribution is 8.13. The predicted octanol–water partition coefficient (Wildman–Crippen LogP) is 10.9. The van der Waals surface area contributed by atoms with E-state index in [1.165, 1.54) is 35.8 Å². The van der Waals surface area contributed by atoms with Crippen LogP contribution in [0.5, 0.6) is 23.0 Å². The summed E-state index contributed by atoms with van der Waals surface area (Å²) in [5, 5.41) is 19.4. The molecule has 10 N–H and O–H groups in total. The zero-order valence-electron chi connectivity index (χ0n) is 83.5. The lowest BCUT2D eigenvalue weighted by Gasteiger charge is -2.31. The largest absolute Gasteiger partial charge is 0.493 e. The minimum Gasteiger partial charge on any atom is -0.493 e. The summed E-state index contributed by atoms with van der Waals surface area (Å²) in [7, 11) is 2.19. The number of likely N-dealkylation sites (N-methyl/N-ethyl adjacent to an activating group) is 2. The Labute approximate surface area is 838 Å². The molecule has 8 bridgehead atoms. The number of carbonyl (C=O) groups excluding carboxylic acids is 13. The van der Waals surface area contributed by atoms with Gasteiger partial charge in [-0.15, -0.1) is 0 Å². The van der Waals surface area contributed by atoms with Gasteiger partial charge in [-0.05, 0) is 207 Å². The number of isocyanates is 1. The number of carbonyl (C=O) groups is 12. The number of benzene rings is 4. The van der Waals surface area contributed by atoms with Crippen LogP contribution in [0.1, 0.15) is 218 Å². The molecule has 0 unspecified atom stereocenters. The van der Waals surface area contributed by atoms with Crippen molar-refractivity contribution in [3.05, 3.63) is 95.1 Å². The molecule has 8 amide bonds. The van der Waals surface area contributed by atoms with Crippen LogP contribution in [0.25, 0.3) is 22.3 Å². The number of halogens is 2. The minimum atomic E-state index is -4.33. The minimum absolute atomic E-state index is 0. The Morgan fingerprint density at radius 3 is 1.12 bits per heavy atom. The van der Waals surface area contributed by atoms with Crippen molar-refractivity contribution in [1.82, 2.24) is 45.2 Å². The fourth-order valence-corrected chi connectivity index (χ4v) is 14.0. The van der Waals surface area contributed by atoms with Gasteiger partial charge in [0.2, 0.25) is 23.6 Å². The van der Waals surface area contributed by atoms with Crippen LogP contribution >= 0.6 is 48.4 Å². The van der Waals surface area contributed by atoms with Crippen molar-refractivity contribution in [1.29, 1.82) is 0 Å². The van der Waals surface area contributed by atoms with Crippen LogP contribution in [0.15, 0.2) is 77.2 Å². The molecule has 2 aliphatic heterocycles. The number of amides is 8. The van der Waals surface area contributed by atoms with Crippen LogP contribution in [0.3, 0.4) is 0 Å². The third-order valence-corrected chi connectivity index (χ3v) is 20.6. The van der Waals surface area contributed by atoms with E-state index in [1.807, 2.05) is 26.0 Å². The molecule has 48 heteroatoms. The molecule has 0 saturated carbocycles. The van der Waals surface area contributed by atoms with E-state index in [9.17, 15) is 82.8 Å². The standard InChI is InChI=1S/C43H63N5O13S.C38H54N4O9.C5H10ClNO4S.C4H10O.CClNO3S.2H2S/c1-12-20-58-35-16-14-29-25-31(35)30-23-28(13-15-34(30)59-21-19-44-40(53)60-42(4,5)6)24-32(39(52)57-11)46-37(50)27(3)22-33(49)36(29)48(10)38(51)26(2)17-18-45-62(55,56)47-41(54)61-43(7,8)9;1-9-17-49-32-13-11-26-22-28(32)27-20-25(10-12-31(27)50-18-16-40-37(47)51-38(4,5)6)21-29(36(46)48-8)41-34(44)24(3)19-30(43)33(26)42(7)35(45)23(2)14-15-39;1-5(2,3)11-4(8)7-12(6,9)10;1-4(2,3)5;2-7(5,6)3-1-4;;/h13-16,23,25-27,32,36,45H,12,17-22,24H2,1-11H3,(H,44,53)(H,46,50)(H,47,54);10-13,20,22-24,29,33H,9,14-19,21,39H2,1-8H3,(H,40,47)(H,41,44);1-3H3,(H,7,8);5H,1-3H3;;2*1H2/t26-,27+,32-,36-;23-,24+,29-,33-;;;;;/m00...../s1. The Hall–Kier alpha value is -10.3. The first-order valence-corrected chi connectivity index (χ1v) is 49.9. The number of rotatable bonds is 29. The van der Waals surface area contributed by atoms with Crippen LogP contribution in [0.2, 0.25) is 0 Å². The Morgan fingerprint density at radius 2 is 0.820 bits per heavy atom. The first-order valence-electron chi connectivity index (χ1n) is 43.9. The molecule has 0 saturated heterocycles. The molecule has 2 heterocycles. The van der Waals surface area contributed by atoms with Gasteiger partial charge in [-0.3, -0.25) is 28.8 Å². The molecule has 0 spiro atoms. The average Bonchev–Trinajstić information content (AvgIpc) is 0.781. The van der Waals surface area contributed by atoms with Crippen molar-refractivity contribution in [3.8, 4) is 45.3 Å². The zero-order valence-corrected chi connectivity index (χ0v) is 89.5. The van der Waals surface area contributed by atoms with E-state index in [1.54, 1.807) is 204 Å². The monoisotopic (exact) mass is 2100 g/mol. The van der Waals surface area contributed by atoms with E-state index in [4.69, 9.17) is 68.9 Å². The molecule has 2 aliphatic rings. The molecule has 0 aromatic heterocycles. The number of esters is 2. The number of hydrogen-bond acceptors (Lipinski definition) is 31. The summed E-state index contributed by atoms with van der Waals surface area (Å²) >= 11 is 0. The van der Waals surface area contributed by atoms with Crippen LogP contribution in [-0.2, 0) is 113 Å². The maximum Gasteiger partial charge on any atom is 0.422 e. The Morgan fingerprint density at radius 1 is 0.504 bits per heavy atom. The van der Waals surface area contributed by atoms with Crippen LogP contribution in [0, 0.1) is 23.7 Å². The topological polar surface area (TPSA) is 566 Å². The SMILES string of the molecule is CC(C)(C)O.CC(C)(C)OC(=O)NS(=O)(=O)Cl.CCCOc1ccc2cc1-c1cc(ccc1OCCNC(=O)OC(C)(C)C)C[C@@H](C(=O)OC)NC(=O)[C@H](C)CC(=O)[C@H]2N(C)C(=O)[C@@H](C)CCN.CCCOc1ccc2cc1-c1cc(ccc1OCCNC(=O)OC(C)(C)C)C[C@@H](C(=O)OC)NC(=O)[C@H](C)CC(=O)[C@H]2N(C)C(=O)[C@@H](C)CCNS(=O)(=O)NC(=O)OC(C)(C)C.O=C=NS(=O)(=O)Cl.S.S. The van der Waals surface area contributed by atoms with E-state index in [2.05, 4.69) is 45.8 Å². The van der Waals surface area contributed by atoms with Gasteiger partial charge in [-0.25, -0.2) is 43.0 Å². The van der Waals surface area contributed by atoms with Crippen molar-refractivity contribution >= 4 is 155 Å². The molecule has 784 valence electrons. The number of aliphatic hydroxyl groups is 1. The summed E-state index contributed by atoms with van der Waals surface area (Å²) in [6, 6.07) is 16.5. The van der Waals surface area contributed by atoms with Gasteiger partial charge >= 0.3 is 65.0 Å².